The molecule has 0 aliphatic carbocycles. The van der Waals surface area contributed by atoms with Crippen molar-refractivity contribution in [1.82, 2.24) is 5.32 Å². The van der Waals surface area contributed by atoms with E-state index in [4.69, 9.17) is 0 Å². The molecule has 2 nitrogen and oxygen atoms in total. The standard InChI is InChI=1S/C14H21NOS/c1-11(2)10-14(16)15-9-8-12-4-6-13(17-3)7-5-12/h4-7,11H,8-10H2,1-3H3,(H,15,16). The van der Waals surface area contributed by atoms with Crippen LogP contribution in [0.5, 0.6) is 0 Å². The maximum absolute atomic E-state index is 11.4. The van der Waals surface area contributed by atoms with Gasteiger partial charge >= 0.3 is 0 Å². The third-order valence-electron chi connectivity index (χ3n) is 2.49. The van der Waals surface area contributed by atoms with Crippen molar-refractivity contribution >= 4 is 17.7 Å². The molecule has 0 heterocycles. The molecule has 0 bridgehead atoms. The lowest BCUT2D eigenvalue weighted by atomic mass is 10.1. The van der Waals surface area contributed by atoms with Crippen LogP contribution < -0.4 is 5.32 Å². The van der Waals surface area contributed by atoms with Gasteiger partial charge in [-0.15, -0.1) is 11.8 Å². The van der Waals surface area contributed by atoms with Crippen LogP contribution in [0.1, 0.15) is 25.8 Å². The second-order valence-electron chi connectivity index (χ2n) is 4.55. The Balaban J connectivity index is 2.28. The quantitative estimate of drug-likeness (QED) is 0.787. The number of carbonyl (C=O) groups is 1. The Bertz CT molecular complexity index is 346. The number of nitrogens with one attached hydrogen (secondary N) is 1. The van der Waals surface area contributed by atoms with Crippen molar-refractivity contribution in [3.05, 3.63) is 29.8 Å². The lowest BCUT2D eigenvalue weighted by Gasteiger charge is -2.07. The summed E-state index contributed by atoms with van der Waals surface area (Å²) >= 11 is 1.74. The van der Waals surface area contributed by atoms with Crippen molar-refractivity contribution in [1.29, 1.82) is 0 Å². The third kappa shape index (κ3) is 5.78. The number of benzene rings is 1. The molecule has 0 fully saturated rings. The molecule has 1 aromatic rings. The summed E-state index contributed by atoms with van der Waals surface area (Å²) in [6, 6.07) is 8.49. The number of amides is 1. The van der Waals surface area contributed by atoms with E-state index >= 15 is 0 Å². The van der Waals surface area contributed by atoms with Crippen LogP contribution in [0.25, 0.3) is 0 Å². The van der Waals surface area contributed by atoms with Crippen molar-refractivity contribution in [2.45, 2.75) is 31.6 Å². The Morgan fingerprint density at radius 2 is 1.94 bits per heavy atom. The fraction of sp³-hybridized carbons (Fsp3) is 0.500. The molecule has 0 aliphatic heterocycles. The molecule has 0 saturated heterocycles. The third-order valence-corrected chi connectivity index (χ3v) is 3.23. The molecular formula is C14H21NOS. The molecule has 0 unspecified atom stereocenters. The van der Waals surface area contributed by atoms with Crippen LogP contribution in [-0.4, -0.2) is 18.7 Å². The predicted molar refractivity (Wildman–Crippen MR) is 74.4 cm³/mol. The van der Waals surface area contributed by atoms with Gasteiger partial charge in [0.2, 0.25) is 5.91 Å². The average molecular weight is 251 g/mol. The average Bonchev–Trinajstić information content (AvgIpc) is 2.29. The van der Waals surface area contributed by atoms with Gasteiger partial charge in [-0.2, -0.15) is 0 Å². The molecule has 0 saturated carbocycles. The first-order valence-corrected chi connectivity index (χ1v) is 7.24. The summed E-state index contributed by atoms with van der Waals surface area (Å²) in [5.41, 5.74) is 1.27. The van der Waals surface area contributed by atoms with E-state index in [-0.39, 0.29) is 5.91 Å². The fourth-order valence-corrected chi connectivity index (χ4v) is 1.99. The topological polar surface area (TPSA) is 29.1 Å². The molecule has 94 valence electrons. The van der Waals surface area contributed by atoms with Gasteiger partial charge in [0.25, 0.3) is 0 Å². The Hall–Kier alpha value is -0.960. The van der Waals surface area contributed by atoms with E-state index in [1.54, 1.807) is 11.8 Å². The van der Waals surface area contributed by atoms with E-state index in [2.05, 4.69) is 49.7 Å². The normalized spacial score (nSPS) is 10.6. The van der Waals surface area contributed by atoms with Gasteiger partial charge in [0.1, 0.15) is 0 Å². The second-order valence-corrected chi connectivity index (χ2v) is 5.43. The molecule has 1 amide bonds. The minimum atomic E-state index is 0.153. The molecule has 0 spiro atoms. The van der Waals surface area contributed by atoms with E-state index in [0.717, 1.165) is 13.0 Å². The number of thioether (sulfide) groups is 1. The molecule has 1 rings (SSSR count). The lowest BCUT2D eigenvalue weighted by Crippen LogP contribution is -2.26. The van der Waals surface area contributed by atoms with Crippen LogP contribution in [-0.2, 0) is 11.2 Å². The predicted octanol–water partition coefficient (Wildman–Crippen LogP) is 3.11. The fourth-order valence-electron chi connectivity index (χ4n) is 1.58. The highest BCUT2D eigenvalue weighted by Crippen LogP contribution is 2.14. The van der Waals surface area contributed by atoms with E-state index in [1.165, 1.54) is 10.5 Å². The molecule has 17 heavy (non-hydrogen) atoms. The van der Waals surface area contributed by atoms with E-state index < -0.39 is 0 Å². The summed E-state index contributed by atoms with van der Waals surface area (Å²) in [6.45, 7) is 4.84. The smallest absolute Gasteiger partial charge is 0.220 e. The Kier molecular flexibility index (Phi) is 6.12. The van der Waals surface area contributed by atoms with E-state index in [1.807, 2.05) is 0 Å². The van der Waals surface area contributed by atoms with Crippen molar-refractivity contribution < 1.29 is 4.79 Å². The van der Waals surface area contributed by atoms with Crippen molar-refractivity contribution in [3.63, 3.8) is 0 Å². The molecule has 3 heteroatoms. The highest BCUT2D eigenvalue weighted by atomic mass is 32.2. The number of carbonyl (C=O) groups excluding carboxylic acids is 1. The minimum Gasteiger partial charge on any atom is -0.356 e. The molecular weight excluding hydrogens is 230 g/mol. The highest BCUT2D eigenvalue weighted by Gasteiger charge is 2.03. The van der Waals surface area contributed by atoms with Crippen LogP contribution in [0.4, 0.5) is 0 Å². The first-order valence-electron chi connectivity index (χ1n) is 6.01. The monoisotopic (exact) mass is 251 g/mol. The molecule has 0 aliphatic rings. The summed E-state index contributed by atoms with van der Waals surface area (Å²) in [5.74, 6) is 0.580. The van der Waals surface area contributed by atoms with Crippen LogP contribution >= 0.6 is 11.8 Å². The van der Waals surface area contributed by atoms with Crippen molar-refractivity contribution in [2.75, 3.05) is 12.8 Å². The lowest BCUT2D eigenvalue weighted by molar-refractivity contribution is -0.121. The number of hydrogen-bond acceptors (Lipinski definition) is 2. The SMILES string of the molecule is CSc1ccc(CCNC(=O)CC(C)C)cc1. The number of hydrogen-bond donors (Lipinski definition) is 1. The summed E-state index contributed by atoms with van der Waals surface area (Å²) < 4.78 is 0. The van der Waals surface area contributed by atoms with E-state index in [0.29, 0.717) is 12.3 Å². The zero-order valence-electron chi connectivity index (χ0n) is 10.8. The Morgan fingerprint density at radius 1 is 1.29 bits per heavy atom. The zero-order chi connectivity index (χ0) is 12.7. The maximum Gasteiger partial charge on any atom is 0.220 e. The first-order chi connectivity index (χ1) is 8.11. The van der Waals surface area contributed by atoms with Crippen LogP contribution in [0, 0.1) is 5.92 Å². The Labute approximate surface area is 108 Å². The first kappa shape index (κ1) is 14.1. The van der Waals surface area contributed by atoms with Gasteiger partial charge in [0.15, 0.2) is 0 Å². The summed E-state index contributed by atoms with van der Waals surface area (Å²) in [4.78, 5) is 12.7. The number of rotatable bonds is 6. The van der Waals surface area contributed by atoms with Gasteiger partial charge in [-0.05, 0) is 36.3 Å². The zero-order valence-corrected chi connectivity index (χ0v) is 11.6. The molecule has 0 atom stereocenters. The van der Waals surface area contributed by atoms with Gasteiger partial charge in [-0.1, -0.05) is 26.0 Å². The van der Waals surface area contributed by atoms with Gasteiger partial charge in [0, 0.05) is 17.9 Å². The van der Waals surface area contributed by atoms with Gasteiger partial charge in [-0.3, -0.25) is 4.79 Å². The van der Waals surface area contributed by atoms with Crippen LogP contribution in [0.2, 0.25) is 0 Å². The minimum absolute atomic E-state index is 0.153. The molecule has 1 aromatic carbocycles. The molecule has 0 radical (unpaired) electrons. The Morgan fingerprint density at radius 3 is 2.47 bits per heavy atom. The van der Waals surface area contributed by atoms with Crippen LogP contribution in [0.3, 0.4) is 0 Å². The summed E-state index contributed by atoms with van der Waals surface area (Å²) in [7, 11) is 0. The van der Waals surface area contributed by atoms with Gasteiger partial charge in [-0.25, -0.2) is 0 Å². The highest BCUT2D eigenvalue weighted by molar-refractivity contribution is 7.98. The molecule has 0 aromatic heterocycles. The van der Waals surface area contributed by atoms with Crippen molar-refractivity contribution in [3.8, 4) is 0 Å². The van der Waals surface area contributed by atoms with Gasteiger partial charge in [0.05, 0.1) is 0 Å². The van der Waals surface area contributed by atoms with E-state index in [9.17, 15) is 4.79 Å². The summed E-state index contributed by atoms with van der Waals surface area (Å²) in [6.07, 6.45) is 3.59. The second kappa shape index (κ2) is 7.38. The maximum atomic E-state index is 11.4. The van der Waals surface area contributed by atoms with Crippen LogP contribution in [0.15, 0.2) is 29.2 Å². The summed E-state index contributed by atoms with van der Waals surface area (Å²) in [5, 5.41) is 2.95. The van der Waals surface area contributed by atoms with Gasteiger partial charge < -0.3 is 5.32 Å². The molecule has 1 N–H and O–H groups in total. The largest absolute Gasteiger partial charge is 0.356 e. The van der Waals surface area contributed by atoms with Crippen molar-refractivity contribution in [2.24, 2.45) is 5.92 Å².